The topological polar surface area (TPSA) is 77.0 Å². The van der Waals surface area contributed by atoms with Crippen LogP contribution in [0.25, 0.3) is 22.3 Å². The molecule has 2 unspecified atom stereocenters. The van der Waals surface area contributed by atoms with E-state index in [2.05, 4.69) is 94.6 Å². The van der Waals surface area contributed by atoms with Crippen molar-refractivity contribution in [3.63, 3.8) is 0 Å². The monoisotopic (exact) mass is 562 g/mol. The van der Waals surface area contributed by atoms with Crippen molar-refractivity contribution in [2.75, 3.05) is 23.6 Å². The second-order valence-electron chi connectivity index (χ2n) is 11.9. The fourth-order valence-electron chi connectivity index (χ4n) is 6.20. The Morgan fingerprint density at radius 1 is 0.976 bits per heavy atom. The standard InChI is InChI=1S/C34H31ClN4O2/c1-33(2,18-40)25-11-7-24(8-12-25)29-17-34(29)28-15-27(30(35)16-31(28)38-32(34)41)23-5-3-21(4-6-23)22-9-13-26(14-10-22)39-20-36-19-37-39/h3-16,19,29,40H,17-18,20H2,1-2H3,(H,36,37)(H,38,41). The molecule has 41 heavy (non-hydrogen) atoms. The smallest absolute Gasteiger partial charge is 0.235 e. The zero-order valence-corrected chi connectivity index (χ0v) is 23.7. The molecule has 4 aromatic carbocycles. The van der Waals surface area contributed by atoms with Crippen LogP contribution in [-0.2, 0) is 15.6 Å². The third kappa shape index (κ3) is 4.21. The van der Waals surface area contributed by atoms with E-state index in [-0.39, 0.29) is 23.8 Å². The fourth-order valence-corrected chi connectivity index (χ4v) is 6.47. The lowest BCUT2D eigenvalue weighted by Gasteiger charge is -2.22. The lowest BCUT2D eigenvalue weighted by atomic mass is 9.84. The van der Waals surface area contributed by atoms with Crippen molar-refractivity contribution in [3.05, 3.63) is 107 Å². The van der Waals surface area contributed by atoms with E-state index in [1.54, 1.807) is 6.34 Å². The molecule has 7 rings (SSSR count). The van der Waals surface area contributed by atoms with Crippen molar-refractivity contribution < 1.29 is 9.90 Å². The molecule has 3 N–H and O–H groups in total. The Kier molecular flexibility index (Phi) is 5.96. The van der Waals surface area contributed by atoms with Crippen molar-refractivity contribution in [1.82, 2.24) is 5.43 Å². The van der Waals surface area contributed by atoms with Gasteiger partial charge in [-0.15, -0.1) is 0 Å². The highest BCUT2D eigenvalue weighted by Crippen LogP contribution is 2.65. The summed E-state index contributed by atoms with van der Waals surface area (Å²) in [6, 6.07) is 29.1. The van der Waals surface area contributed by atoms with Crippen molar-refractivity contribution in [3.8, 4) is 22.3 Å². The van der Waals surface area contributed by atoms with Crippen LogP contribution in [0.4, 0.5) is 11.4 Å². The molecular formula is C34H31ClN4O2. The van der Waals surface area contributed by atoms with Crippen molar-refractivity contribution in [1.29, 1.82) is 0 Å². The maximum absolute atomic E-state index is 13.3. The van der Waals surface area contributed by atoms with Gasteiger partial charge in [0.1, 0.15) is 13.0 Å². The van der Waals surface area contributed by atoms with Crippen LogP contribution in [-0.4, -0.2) is 30.6 Å². The summed E-state index contributed by atoms with van der Waals surface area (Å²) < 4.78 is 0. The minimum absolute atomic E-state index is 0.0416. The zero-order valence-electron chi connectivity index (χ0n) is 23.0. The van der Waals surface area contributed by atoms with Crippen molar-refractivity contribution in [2.45, 2.75) is 37.0 Å². The van der Waals surface area contributed by atoms with Gasteiger partial charge < -0.3 is 10.4 Å². The van der Waals surface area contributed by atoms with Gasteiger partial charge in [-0.2, -0.15) is 0 Å². The molecule has 0 bridgehead atoms. The highest BCUT2D eigenvalue weighted by molar-refractivity contribution is 6.34. The Morgan fingerprint density at radius 2 is 1.63 bits per heavy atom. The Morgan fingerprint density at radius 3 is 2.27 bits per heavy atom. The number of aliphatic imine (C=N–C) groups is 1. The van der Waals surface area contributed by atoms with Crippen LogP contribution in [0, 0.1) is 0 Å². The molecule has 6 nitrogen and oxygen atoms in total. The molecule has 0 radical (unpaired) electrons. The van der Waals surface area contributed by atoms with E-state index >= 15 is 0 Å². The third-order valence-corrected chi connectivity index (χ3v) is 9.24. The van der Waals surface area contributed by atoms with E-state index in [9.17, 15) is 9.90 Å². The minimum atomic E-state index is -0.570. The molecule has 1 aliphatic carbocycles. The lowest BCUT2D eigenvalue weighted by molar-refractivity contribution is -0.118. The number of aliphatic hydroxyl groups excluding tert-OH is 1. The van der Waals surface area contributed by atoms with Gasteiger partial charge in [0.05, 0.1) is 22.7 Å². The summed E-state index contributed by atoms with van der Waals surface area (Å²) >= 11 is 6.77. The molecule has 1 spiro atoms. The Labute approximate surface area is 244 Å². The third-order valence-electron chi connectivity index (χ3n) is 8.93. The van der Waals surface area contributed by atoms with E-state index in [0.717, 1.165) is 56.7 Å². The molecule has 2 atom stereocenters. The van der Waals surface area contributed by atoms with E-state index in [0.29, 0.717) is 11.7 Å². The van der Waals surface area contributed by atoms with Crippen molar-refractivity contribution >= 4 is 35.2 Å². The first-order valence-corrected chi connectivity index (χ1v) is 14.3. The lowest BCUT2D eigenvalue weighted by Crippen LogP contribution is -2.31. The molecule has 0 saturated heterocycles. The van der Waals surface area contributed by atoms with Crippen molar-refractivity contribution in [2.24, 2.45) is 4.99 Å². The average Bonchev–Trinajstić information content (AvgIpc) is 3.38. The molecule has 1 amide bonds. The van der Waals surface area contributed by atoms with Crippen LogP contribution < -0.4 is 15.8 Å². The van der Waals surface area contributed by atoms with Crippen LogP contribution in [0.2, 0.25) is 5.02 Å². The summed E-state index contributed by atoms with van der Waals surface area (Å²) in [5.74, 6) is 0.150. The number of carbonyl (C=O) groups excluding carboxylic acids is 1. The summed E-state index contributed by atoms with van der Waals surface area (Å²) in [5.41, 5.74) is 11.5. The number of hydrogen-bond donors (Lipinski definition) is 3. The Hall–Kier alpha value is -4.13. The number of carbonyl (C=O) groups is 1. The molecular weight excluding hydrogens is 532 g/mol. The Bertz CT molecular complexity index is 1670. The SMILES string of the molecule is CC(C)(CO)c1ccc(C2CC23C(=O)Nc2cc(Cl)c(-c4ccc(-c5ccc(N6CN=CN6)cc5)cc4)cc23)cc1. The van der Waals surface area contributed by atoms with Gasteiger partial charge in [-0.05, 0) is 64.1 Å². The van der Waals surface area contributed by atoms with Crippen LogP contribution in [0.15, 0.2) is 89.9 Å². The second kappa shape index (κ2) is 9.47. The number of anilines is 2. The molecule has 2 heterocycles. The first-order chi connectivity index (χ1) is 19.8. The van der Waals surface area contributed by atoms with Crippen LogP contribution in [0.3, 0.4) is 0 Å². The van der Waals surface area contributed by atoms with Gasteiger partial charge in [-0.25, -0.2) is 0 Å². The maximum Gasteiger partial charge on any atom is 0.235 e. The Balaban J connectivity index is 1.16. The largest absolute Gasteiger partial charge is 0.395 e. The van der Waals surface area contributed by atoms with E-state index in [1.807, 2.05) is 24.9 Å². The normalized spacial score (nSPS) is 20.7. The summed E-state index contributed by atoms with van der Waals surface area (Å²) in [4.78, 5) is 17.5. The summed E-state index contributed by atoms with van der Waals surface area (Å²) in [7, 11) is 0. The average molecular weight is 563 g/mol. The fraction of sp³-hybridized carbons (Fsp3) is 0.235. The number of rotatable bonds is 6. The van der Waals surface area contributed by atoms with E-state index in [1.165, 1.54) is 0 Å². The number of nitrogens with one attached hydrogen (secondary N) is 2. The highest BCUT2D eigenvalue weighted by atomic mass is 35.5. The summed E-state index contributed by atoms with van der Waals surface area (Å²) in [6.07, 6.45) is 2.47. The van der Waals surface area contributed by atoms with Crippen LogP contribution >= 0.6 is 11.6 Å². The van der Waals surface area contributed by atoms with Gasteiger partial charge in [-0.3, -0.25) is 20.2 Å². The van der Waals surface area contributed by atoms with Gasteiger partial charge >= 0.3 is 0 Å². The highest BCUT2D eigenvalue weighted by Gasteiger charge is 2.65. The summed E-state index contributed by atoms with van der Waals surface area (Å²) in [5, 5.41) is 15.4. The second-order valence-corrected chi connectivity index (χ2v) is 12.3. The molecule has 1 fully saturated rings. The summed E-state index contributed by atoms with van der Waals surface area (Å²) in [6.45, 7) is 4.74. The quantitative estimate of drug-likeness (QED) is 0.246. The number of fused-ring (bicyclic) bond motifs is 2. The van der Waals surface area contributed by atoms with Gasteiger partial charge in [0.15, 0.2) is 0 Å². The van der Waals surface area contributed by atoms with Gasteiger partial charge in [0, 0.05) is 22.6 Å². The number of halogens is 1. The number of benzene rings is 4. The number of hydrogen-bond acceptors (Lipinski definition) is 5. The minimum Gasteiger partial charge on any atom is -0.395 e. The van der Waals surface area contributed by atoms with Crippen LogP contribution in [0.5, 0.6) is 0 Å². The van der Waals surface area contributed by atoms with Crippen LogP contribution in [0.1, 0.15) is 42.9 Å². The molecule has 4 aromatic rings. The van der Waals surface area contributed by atoms with E-state index in [4.69, 9.17) is 11.6 Å². The molecule has 1 saturated carbocycles. The molecule has 7 heteroatoms. The first-order valence-electron chi connectivity index (χ1n) is 13.9. The maximum atomic E-state index is 13.3. The zero-order chi connectivity index (χ0) is 28.4. The number of hydrazine groups is 1. The van der Waals surface area contributed by atoms with E-state index < -0.39 is 5.41 Å². The predicted octanol–water partition coefficient (Wildman–Crippen LogP) is 6.63. The molecule has 0 aromatic heterocycles. The molecule has 206 valence electrons. The number of nitrogens with zero attached hydrogens (tertiary/aromatic N) is 2. The predicted molar refractivity (Wildman–Crippen MR) is 166 cm³/mol. The molecule has 2 aliphatic heterocycles. The molecule has 3 aliphatic rings. The number of amides is 1. The van der Waals surface area contributed by atoms with Gasteiger partial charge in [0.2, 0.25) is 5.91 Å². The number of aliphatic hydroxyl groups is 1. The van der Waals surface area contributed by atoms with Gasteiger partial charge in [0.25, 0.3) is 0 Å². The van der Waals surface area contributed by atoms with Gasteiger partial charge in [-0.1, -0.05) is 86.1 Å². The first kappa shape index (κ1) is 25.8.